The maximum Gasteiger partial charge on any atom is 0.224 e. The zero-order valence-corrected chi connectivity index (χ0v) is 13.8. The Kier molecular flexibility index (Phi) is 5.52. The molecule has 0 fully saturated rings. The topological polar surface area (TPSA) is 71.8 Å². The predicted octanol–water partition coefficient (Wildman–Crippen LogP) is 2.32. The van der Waals surface area contributed by atoms with Crippen LogP contribution in [0.3, 0.4) is 0 Å². The highest BCUT2D eigenvalue weighted by atomic mass is 19.1. The third-order valence-electron chi connectivity index (χ3n) is 3.64. The molecular weight excluding hydrogens is 340 g/mol. The predicted molar refractivity (Wildman–Crippen MR) is 92.9 cm³/mol. The van der Waals surface area contributed by atoms with Crippen LogP contribution in [-0.2, 0) is 11.2 Å². The summed E-state index contributed by atoms with van der Waals surface area (Å²) in [4.78, 5) is 11.8. The number of amides is 1. The van der Waals surface area contributed by atoms with E-state index in [1.165, 1.54) is 6.07 Å². The summed E-state index contributed by atoms with van der Waals surface area (Å²) in [7, 11) is 0. The number of nitrogens with zero attached hydrogens (tertiary/aromatic N) is 3. The molecule has 6 nitrogen and oxygen atoms in total. The van der Waals surface area contributed by atoms with E-state index in [-0.39, 0.29) is 17.9 Å². The lowest BCUT2D eigenvalue weighted by Gasteiger charge is -2.08. The van der Waals surface area contributed by atoms with Gasteiger partial charge in [0, 0.05) is 31.5 Å². The first-order valence-electron chi connectivity index (χ1n) is 8.03. The van der Waals surface area contributed by atoms with Crippen LogP contribution in [-0.4, -0.2) is 33.8 Å². The SMILES string of the molecule is O=C(Cc1ccc(F)cc1F)NCCNc1ccc(-n2cccc2)nn1. The molecule has 0 aliphatic rings. The molecule has 8 heteroatoms. The van der Waals surface area contributed by atoms with Crippen LogP contribution in [0.5, 0.6) is 0 Å². The van der Waals surface area contributed by atoms with Crippen molar-refractivity contribution in [1.82, 2.24) is 20.1 Å². The molecule has 1 aromatic carbocycles. The van der Waals surface area contributed by atoms with Gasteiger partial charge in [0.2, 0.25) is 5.91 Å². The zero-order valence-electron chi connectivity index (χ0n) is 13.8. The maximum atomic E-state index is 13.5. The van der Waals surface area contributed by atoms with Crippen LogP contribution >= 0.6 is 0 Å². The van der Waals surface area contributed by atoms with E-state index in [0.717, 1.165) is 12.1 Å². The molecule has 2 aromatic heterocycles. The van der Waals surface area contributed by atoms with E-state index < -0.39 is 11.6 Å². The van der Waals surface area contributed by atoms with Gasteiger partial charge in [-0.05, 0) is 35.9 Å². The third kappa shape index (κ3) is 4.62. The van der Waals surface area contributed by atoms with E-state index in [9.17, 15) is 13.6 Å². The Morgan fingerprint density at radius 1 is 1.04 bits per heavy atom. The van der Waals surface area contributed by atoms with Gasteiger partial charge in [-0.1, -0.05) is 6.07 Å². The first kappa shape index (κ1) is 17.5. The molecule has 3 aromatic rings. The molecule has 0 bridgehead atoms. The molecule has 0 saturated heterocycles. The van der Waals surface area contributed by atoms with Gasteiger partial charge < -0.3 is 15.2 Å². The van der Waals surface area contributed by atoms with Gasteiger partial charge in [-0.15, -0.1) is 10.2 Å². The highest BCUT2D eigenvalue weighted by Crippen LogP contribution is 2.10. The van der Waals surface area contributed by atoms with Crippen molar-refractivity contribution < 1.29 is 13.6 Å². The summed E-state index contributed by atoms with van der Waals surface area (Å²) >= 11 is 0. The highest BCUT2D eigenvalue weighted by molar-refractivity contribution is 5.78. The molecule has 0 aliphatic heterocycles. The largest absolute Gasteiger partial charge is 0.367 e. The summed E-state index contributed by atoms with van der Waals surface area (Å²) < 4.78 is 28.2. The van der Waals surface area contributed by atoms with Crippen molar-refractivity contribution in [3.05, 3.63) is 72.1 Å². The Morgan fingerprint density at radius 3 is 2.54 bits per heavy atom. The quantitative estimate of drug-likeness (QED) is 0.637. The van der Waals surface area contributed by atoms with E-state index in [1.54, 1.807) is 6.07 Å². The second-order valence-corrected chi connectivity index (χ2v) is 5.56. The van der Waals surface area contributed by atoms with Gasteiger partial charge in [-0.3, -0.25) is 4.79 Å². The summed E-state index contributed by atoms with van der Waals surface area (Å²) in [5.74, 6) is -0.447. The fraction of sp³-hybridized carbons (Fsp3) is 0.167. The number of hydrogen-bond donors (Lipinski definition) is 2. The lowest BCUT2D eigenvalue weighted by molar-refractivity contribution is -0.120. The van der Waals surface area contributed by atoms with Crippen molar-refractivity contribution >= 4 is 11.7 Å². The summed E-state index contributed by atoms with van der Waals surface area (Å²) in [6.07, 6.45) is 3.60. The van der Waals surface area contributed by atoms with Gasteiger partial charge in [-0.25, -0.2) is 8.78 Å². The number of aromatic nitrogens is 3. The number of nitrogens with one attached hydrogen (secondary N) is 2. The number of hydrogen-bond acceptors (Lipinski definition) is 4. The van der Waals surface area contributed by atoms with Crippen molar-refractivity contribution in [3.63, 3.8) is 0 Å². The minimum Gasteiger partial charge on any atom is -0.367 e. The lowest BCUT2D eigenvalue weighted by Crippen LogP contribution is -2.30. The van der Waals surface area contributed by atoms with Gasteiger partial charge in [0.05, 0.1) is 6.42 Å². The Hall–Kier alpha value is -3.29. The molecule has 0 saturated carbocycles. The zero-order chi connectivity index (χ0) is 18.4. The number of benzene rings is 1. The first-order valence-corrected chi connectivity index (χ1v) is 8.03. The molecular formula is C18H17F2N5O. The normalized spacial score (nSPS) is 10.5. The van der Waals surface area contributed by atoms with Crippen LogP contribution < -0.4 is 10.6 Å². The van der Waals surface area contributed by atoms with Crippen LogP contribution in [0, 0.1) is 11.6 Å². The number of carbonyl (C=O) groups excluding carboxylic acids is 1. The molecule has 134 valence electrons. The molecule has 1 amide bonds. The number of rotatable bonds is 7. The van der Waals surface area contributed by atoms with E-state index in [0.29, 0.717) is 24.7 Å². The van der Waals surface area contributed by atoms with Crippen molar-refractivity contribution in [2.75, 3.05) is 18.4 Å². The second kappa shape index (κ2) is 8.19. The van der Waals surface area contributed by atoms with Crippen LogP contribution in [0.15, 0.2) is 54.9 Å². The summed E-state index contributed by atoms with van der Waals surface area (Å²) in [5.41, 5.74) is 0.156. The Bertz CT molecular complexity index is 866. The van der Waals surface area contributed by atoms with E-state index in [4.69, 9.17) is 0 Å². The Morgan fingerprint density at radius 2 is 1.85 bits per heavy atom. The van der Waals surface area contributed by atoms with Crippen molar-refractivity contribution in [2.45, 2.75) is 6.42 Å². The maximum absolute atomic E-state index is 13.5. The summed E-state index contributed by atoms with van der Waals surface area (Å²) in [6, 6.07) is 10.6. The fourth-order valence-electron chi connectivity index (χ4n) is 2.34. The van der Waals surface area contributed by atoms with Gasteiger partial charge in [0.25, 0.3) is 0 Å². The fourth-order valence-corrected chi connectivity index (χ4v) is 2.34. The average Bonchev–Trinajstić information content (AvgIpc) is 3.16. The standard InChI is InChI=1S/C18H17F2N5O/c19-14-4-3-13(15(20)12-14)11-18(26)22-8-7-21-16-5-6-17(24-23-16)25-9-1-2-10-25/h1-6,9-10,12H,7-8,11H2,(H,21,23)(H,22,26). The molecule has 2 N–H and O–H groups in total. The Labute approximate surface area is 148 Å². The lowest BCUT2D eigenvalue weighted by atomic mass is 10.1. The van der Waals surface area contributed by atoms with Crippen LogP contribution in [0.4, 0.5) is 14.6 Å². The van der Waals surface area contributed by atoms with Gasteiger partial charge >= 0.3 is 0 Å². The molecule has 3 rings (SSSR count). The first-order chi connectivity index (χ1) is 12.6. The van der Waals surface area contributed by atoms with Gasteiger partial charge in [0.15, 0.2) is 5.82 Å². The molecule has 0 unspecified atom stereocenters. The minimum absolute atomic E-state index is 0.141. The molecule has 2 heterocycles. The third-order valence-corrected chi connectivity index (χ3v) is 3.64. The van der Waals surface area contributed by atoms with Gasteiger partial charge in [0.1, 0.15) is 17.5 Å². The summed E-state index contributed by atoms with van der Waals surface area (Å²) in [6.45, 7) is 0.776. The van der Waals surface area contributed by atoms with E-state index >= 15 is 0 Å². The average molecular weight is 357 g/mol. The second-order valence-electron chi connectivity index (χ2n) is 5.56. The van der Waals surface area contributed by atoms with Crippen LogP contribution in [0.2, 0.25) is 0 Å². The highest BCUT2D eigenvalue weighted by Gasteiger charge is 2.08. The van der Waals surface area contributed by atoms with Crippen molar-refractivity contribution in [2.24, 2.45) is 0 Å². The Balaban J connectivity index is 1.41. The molecule has 0 radical (unpaired) electrons. The smallest absolute Gasteiger partial charge is 0.224 e. The molecule has 0 atom stereocenters. The minimum atomic E-state index is -0.726. The molecule has 0 spiro atoms. The number of halogens is 2. The van der Waals surface area contributed by atoms with Crippen molar-refractivity contribution in [3.8, 4) is 5.82 Å². The monoisotopic (exact) mass is 357 g/mol. The molecule has 0 aliphatic carbocycles. The summed E-state index contributed by atoms with van der Waals surface area (Å²) in [5, 5.41) is 13.9. The van der Waals surface area contributed by atoms with Gasteiger partial charge in [-0.2, -0.15) is 0 Å². The van der Waals surface area contributed by atoms with Crippen LogP contribution in [0.1, 0.15) is 5.56 Å². The number of carbonyl (C=O) groups is 1. The van der Waals surface area contributed by atoms with E-state index in [2.05, 4.69) is 20.8 Å². The van der Waals surface area contributed by atoms with E-state index in [1.807, 2.05) is 35.2 Å². The number of anilines is 1. The molecule has 26 heavy (non-hydrogen) atoms. The van der Waals surface area contributed by atoms with Crippen LogP contribution in [0.25, 0.3) is 5.82 Å². The van der Waals surface area contributed by atoms with Crippen molar-refractivity contribution in [1.29, 1.82) is 0 Å².